The minimum Gasteiger partial charge on any atom is -0.507 e. The van der Waals surface area contributed by atoms with Gasteiger partial charge in [-0.15, -0.1) is 0 Å². The quantitative estimate of drug-likeness (QED) is 0.161. The molecule has 1 saturated heterocycles. The number of hydrogen-bond acceptors (Lipinski definition) is 7. The van der Waals surface area contributed by atoms with Crippen LogP contribution in [0.4, 0.5) is 5.69 Å². The van der Waals surface area contributed by atoms with Gasteiger partial charge in [0.1, 0.15) is 17.3 Å². The first-order chi connectivity index (χ1) is 17.3. The number of rotatable bonds is 8. The molecule has 1 N–H and O–H groups in total. The third-order valence-electron chi connectivity index (χ3n) is 5.91. The third kappa shape index (κ3) is 4.63. The van der Waals surface area contributed by atoms with Crippen molar-refractivity contribution in [1.29, 1.82) is 0 Å². The van der Waals surface area contributed by atoms with Crippen molar-refractivity contribution >= 4 is 23.1 Å². The van der Waals surface area contributed by atoms with Crippen LogP contribution < -0.4 is 9.47 Å². The number of non-ortho nitro benzene ring substituents is 1. The van der Waals surface area contributed by atoms with Gasteiger partial charge < -0.3 is 19.5 Å². The van der Waals surface area contributed by atoms with Crippen molar-refractivity contribution in [2.75, 3.05) is 13.7 Å². The minimum atomic E-state index is -0.940. The number of aliphatic hydroxyl groups is 1. The summed E-state index contributed by atoms with van der Waals surface area (Å²) >= 11 is 0. The van der Waals surface area contributed by atoms with Crippen molar-refractivity contribution in [3.63, 3.8) is 0 Å². The molecule has 1 heterocycles. The van der Waals surface area contributed by atoms with Crippen molar-refractivity contribution in [2.24, 2.45) is 0 Å². The van der Waals surface area contributed by atoms with E-state index in [1.165, 1.54) is 30.2 Å². The van der Waals surface area contributed by atoms with Gasteiger partial charge in [0.25, 0.3) is 17.4 Å². The number of amides is 1. The predicted octanol–water partition coefficient (Wildman–Crippen LogP) is 4.62. The first kappa shape index (κ1) is 24.5. The van der Waals surface area contributed by atoms with Crippen LogP contribution in [0.2, 0.25) is 0 Å². The van der Waals surface area contributed by atoms with E-state index in [2.05, 4.69) is 0 Å². The molecular weight excluding hydrogens is 464 g/mol. The van der Waals surface area contributed by atoms with E-state index in [1.54, 1.807) is 48.5 Å². The predicted molar refractivity (Wildman–Crippen MR) is 132 cm³/mol. The molecule has 0 radical (unpaired) electrons. The van der Waals surface area contributed by atoms with Gasteiger partial charge in [-0.05, 0) is 30.7 Å². The maximum atomic E-state index is 13.2. The summed E-state index contributed by atoms with van der Waals surface area (Å²) in [4.78, 5) is 38.5. The van der Waals surface area contributed by atoms with Gasteiger partial charge in [0, 0.05) is 23.3 Å². The number of benzene rings is 3. The maximum Gasteiger partial charge on any atom is 0.295 e. The zero-order valence-electron chi connectivity index (χ0n) is 19.7. The summed E-state index contributed by atoms with van der Waals surface area (Å²) in [5, 5.41) is 22.4. The SMILES string of the molecule is CCOc1ccc(C2/C(=C(/O)c3cccc([N+](=O)[O-])c3)C(=O)C(=O)N2Cc2ccccc2OC)cc1. The average molecular weight is 488 g/mol. The lowest BCUT2D eigenvalue weighted by atomic mass is 9.95. The van der Waals surface area contributed by atoms with Crippen LogP contribution in [0.15, 0.2) is 78.4 Å². The van der Waals surface area contributed by atoms with Crippen LogP contribution in [0.5, 0.6) is 11.5 Å². The van der Waals surface area contributed by atoms with Crippen LogP contribution in [0.3, 0.4) is 0 Å². The molecule has 0 aliphatic carbocycles. The van der Waals surface area contributed by atoms with Crippen molar-refractivity contribution in [2.45, 2.75) is 19.5 Å². The molecule has 3 aromatic rings. The minimum absolute atomic E-state index is 0.0399. The Kier molecular flexibility index (Phi) is 7.00. The lowest BCUT2D eigenvalue weighted by Gasteiger charge is -2.26. The molecule has 0 aromatic heterocycles. The number of nitro benzene ring substituents is 1. The number of nitro groups is 1. The monoisotopic (exact) mass is 488 g/mol. The van der Waals surface area contributed by atoms with Gasteiger partial charge in [0.15, 0.2) is 0 Å². The Hall–Kier alpha value is -4.66. The van der Waals surface area contributed by atoms with E-state index in [-0.39, 0.29) is 23.4 Å². The number of hydrogen-bond donors (Lipinski definition) is 1. The smallest absolute Gasteiger partial charge is 0.295 e. The largest absolute Gasteiger partial charge is 0.507 e. The van der Waals surface area contributed by atoms with E-state index in [4.69, 9.17) is 9.47 Å². The number of nitrogens with zero attached hydrogens (tertiary/aromatic N) is 2. The molecule has 0 saturated carbocycles. The summed E-state index contributed by atoms with van der Waals surface area (Å²) in [7, 11) is 1.51. The molecular formula is C27H24N2O7. The highest BCUT2D eigenvalue weighted by Gasteiger charge is 2.46. The van der Waals surface area contributed by atoms with Gasteiger partial charge in [-0.2, -0.15) is 0 Å². The molecule has 3 aromatic carbocycles. The van der Waals surface area contributed by atoms with Gasteiger partial charge in [0.05, 0.1) is 36.8 Å². The molecule has 9 nitrogen and oxygen atoms in total. The second kappa shape index (κ2) is 10.3. The number of para-hydroxylation sites is 1. The number of carbonyl (C=O) groups is 2. The Morgan fingerprint density at radius 3 is 2.44 bits per heavy atom. The van der Waals surface area contributed by atoms with Crippen molar-refractivity contribution in [3.8, 4) is 11.5 Å². The highest BCUT2D eigenvalue weighted by atomic mass is 16.6. The molecule has 184 valence electrons. The fourth-order valence-electron chi connectivity index (χ4n) is 4.24. The topological polar surface area (TPSA) is 119 Å². The first-order valence-electron chi connectivity index (χ1n) is 11.2. The summed E-state index contributed by atoms with van der Waals surface area (Å²) in [6, 6.07) is 18.4. The lowest BCUT2D eigenvalue weighted by Crippen LogP contribution is -2.29. The van der Waals surface area contributed by atoms with Crippen molar-refractivity contribution < 1.29 is 29.1 Å². The molecule has 1 unspecified atom stereocenters. The van der Waals surface area contributed by atoms with Crippen LogP contribution in [-0.4, -0.2) is 40.3 Å². The highest BCUT2D eigenvalue weighted by molar-refractivity contribution is 6.46. The molecule has 1 aliphatic heterocycles. The molecule has 1 fully saturated rings. The Labute approximate surface area is 207 Å². The maximum absolute atomic E-state index is 13.2. The Morgan fingerprint density at radius 1 is 1.06 bits per heavy atom. The van der Waals surface area contributed by atoms with Crippen LogP contribution in [0.1, 0.15) is 29.7 Å². The number of Topliss-reactive ketones (excluding diaryl/α,β-unsaturated/α-hetero) is 1. The molecule has 4 rings (SSSR count). The number of ketones is 1. The fourth-order valence-corrected chi connectivity index (χ4v) is 4.24. The summed E-state index contributed by atoms with van der Waals surface area (Å²) in [6.45, 7) is 2.37. The summed E-state index contributed by atoms with van der Waals surface area (Å²) in [5.74, 6) is -1.01. The number of likely N-dealkylation sites (tertiary alicyclic amines) is 1. The Morgan fingerprint density at radius 2 is 1.78 bits per heavy atom. The molecule has 1 amide bonds. The molecule has 36 heavy (non-hydrogen) atoms. The van der Waals surface area contributed by atoms with Gasteiger partial charge in [0.2, 0.25) is 0 Å². The highest BCUT2D eigenvalue weighted by Crippen LogP contribution is 2.41. The van der Waals surface area contributed by atoms with E-state index in [1.807, 2.05) is 6.92 Å². The third-order valence-corrected chi connectivity index (χ3v) is 5.91. The molecule has 9 heteroatoms. The number of carbonyl (C=O) groups excluding carboxylic acids is 2. The fraction of sp³-hybridized carbons (Fsp3) is 0.185. The van der Waals surface area contributed by atoms with E-state index < -0.39 is 28.4 Å². The summed E-state index contributed by atoms with van der Waals surface area (Å²) in [6.07, 6.45) is 0. The summed E-state index contributed by atoms with van der Waals surface area (Å²) < 4.78 is 10.9. The second-order valence-corrected chi connectivity index (χ2v) is 8.05. The van der Waals surface area contributed by atoms with E-state index in [9.17, 15) is 24.8 Å². The van der Waals surface area contributed by atoms with Crippen molar-refractivity contribution in [1.82, 2.24) is 4.90 Å². The zero-order valence-corrected chi connectivity index (χ0v) is 19.7. The van der Waals surface area contributed by atoms with Crippen molar-refractivity contribution in [3.05, 3.63) is 105 Å². The summed E-state index contributed by atoms with van der Waals surface area (Å²) in [5.41, 5.74) is 0.905. The van der Waals surface area contributed by atoms with Crippen LogP contribution in [-0.2, 0) is 16.1 Å². The van der Waals surface area contributed by atoms with E-state index >= 15 is 0 Å². The molecule has 0 bridgehead atoms. The van der Waals surface area contributed by atoms with Crippen LogP contribution in [0.25, 0.3) is 5.76 Å². The molecule has 1 atom stereocenters. The standard InChI is InChI=1S/C27H24N2O7/c1-3-36-21-13-11-17(12-14-21)24-23(25(30)18-8-6-9-20(15-18)29(33)34)26(31)27(32)28(24)16-19-7-4-5-10-22(19)35-2/h4-15,24,30H,3,16H2,1-2H3/b25-23-. The van der Waals surface area contributed by atoms with Crippen LogP contribution >= 0.6 is 0 Å². The zero-order chi connectivity index (χ0) is 25.8. The van der Waals surface area contributed by atoms with Gasteiger partial charge in [-0.3, -0.25) is 19.7 Å². The number of ether oxygens (including phenoxy) is 2. The van der Waals surface area contributed by atoms with E-state index in [0.29, 0.717) is 29.2 Å². The lowest BCUT2D eigenvalue weighted by molar-refractivity contribution is -0.384. The van der Waals surface area contributed by atoms with Gasteiger partial charge in [-0.25, -0.2) is 0 Å². The van der Waals surface area contributed by atoms with Gasteiger partial charge >= 0.3 is 0 Å². The van der Waals surface area contributed by atoms with Crippen LogP contribution in [0, 0.1) is 10.1 Å². The normalized spacial score (nSPS) is 16.7. The van der Waals surface area contributed by atoms with E-state index in [0.717, 1.165) is 6.07 Å². The molecule has 1 aliphatic rings. The average Bonchev–Trinajstić information content (AvgIpc) is 3.14. The number of methoxy groups -OCH3 is 1. The molecule has 0 spiro atoms. The van der Waals surface area contributed by atoms with Gasteiger partial charge in [-0.1, -0.05) is 42.5 Å². The Balaban J connectivity index is 1.86. The second-order valence-electron chi connectivity index (χ2n) is 8.05. The first-order valence-corrected chi connectivity index (χ1v) is 11.2. The number of aliphatic hydroxyl groups excluding tert-OH is 1. The Bertz CT molecular complexity index is 1350.